The number of nitrogens with zero attached hydrogens (tertiary/aromatic N) is 5. The van der Waals surface area contributed by atoms with Crippen LogP contribution in [0.1, 0.15) is 55.8 Å². The highest BCUT2D eigenvalue weighted by Crippen LogP contribution is 2.19. The molecule has 1 aliphatic rings. The van der Waals surface area contributed by atoms with Crippen LogP contribution in [0, 0.1) is 11.3 Å². The molecule has 1 amide bonds. The first-order valence-electron chi connectivity index (χ1n) is 10.4. The van der Waals surface area contributed by atoms with Crippen molar-refractivity contribution in [2.45, 2.75) is 64.6 Å². The molecule has 0 saturated heterocycles. The van der Waals surface area contributed by atoms with E-state index < -0.39 is 5.69 Å². The molecule has 1 aromatic carbocycles. The zero-order valence-electron chi connectivity index (χ0n) is 16.9. The molecule has 9 heteroatoms. The van der Waals surface area contributed by atoms with Crippen molar-refractivity contribution in [3.63, 3.8) is 0 Å². The van der Waals surface area contributed by atoms with Crippen molar-refractivity contribution >= 4 is 22.6 Å². The van der Waals surface area contributed by atoms with Gasteiger partial charge in [-0.1, -0.05) is 26.2 Å². The van der Waals surface area contributed by atoms with E-state index in [0.29, 0.717) is 29.4 Å². The third-order valence-electron chi connectivity index (χ3n) is 5.65. The van der Waals surface area contributed by atoms with Gasteiger partial charge in [0.2, 0.25) is 5.78 Å². The largest absolute Gasteiger partial charge is 0.353 e. The fourth-order valence-electron chi connectivity index (χ4n) is 4.17. The highest BCUT2D eigenvalue weighted by molar-refractivity contribution is 5.98. The standard InChI is InChI=1S/C21H24N6O3/c1-2-11-25-19(29)16-9-8-14(18(28)23-15-6-4-3-5-7-15)13-17(16)27-20(25)24-26(12-10-22)21(27)30/h8-9,13,15H,2-7,11-12H2,1H3,(H,23,28). The zero-order chi connectivity index (χ0) is 21.3. The van der Waals surface area contributed by atoms with Crippen molar-refractivity contribution < 1.29 is 4.79 Å². The topological polar surface area (TPSA) is 114 Å². The molecule has 1 aliphatic carbocycles. The van der Waals surface area contributed by atoms with Gasteiger partial charge in [-0.05, 0) is 37.5 Å². The number of aromatic nitrogens is 4. The maximum absolute atomic E-state index is 13.0. The van der Waals surface area contributed by atoms with Gasteiger partial charge in [-0.2, -0.15) is 9.94 Å². The second-order valence-corrected chi connectivity index (χ2v) is 7.73. The number of aryl methyl sites for hydroxylation is 1. The summed E-state index contributed by atoms with van der Waals surface area (Å²) in [4.78, 5) is 38.7. The molecule has 1 saturated carbocycles. The molecule has 2 aromatic heterocycles. The fraction of sp³-hybridized carbons (Fsp3) is 0.476. The molecule has 0 atom stereocenters. The maximum Gasteiger partial charge on any atom is 0.353 e. The lowest BCUT2D eigenvalue weighted by molar-refractivity contribution is 0.0928. The number of nitriles is 1. The summed E-state index contributed by atoms with van der Waals surface area (Å²) in [6, 6.07) is 6.84. The smallest absolute Gasteiger partial charge is 0.349 e. The van der Waals surface area contributed by atoms with Crippen molar-refractivity contribution in [2.24, 2.45) is 0 Å². The highest BCUT2D eigenvalue weighted by atomic mass is 16.2. The minimum atomic E-state index is -0.508. The SMILES string of the molecule is CCCn1c(=O)c2ccc(C(=O)NC3CCCCC3)cc2n2c(=O)n(CC#N)nc12. The average molecular weight is 408 g/mol. The molecule has 1 fully saturated rings. The summed E-state index contributed by atoms with van der Waals surface area (Å²) in [5.74, 6) is -0.0356. The molecule has 4 rings (SSSR count). The van der Waals surface area contributed by atoms with E-state index >= 15 is 0 Å². The first-order chi connectivity index (χ1) is 14.5. The van der Waals surface area contributed by atoms with Gasteiger partial charge in [0, 0.05) is 18.2 Å². The van der Waals surface area contributed by atoms with Crippen molar-refractivity contribution in [3.05, 3.63) is 44.6 Å². The third-order valence-corrected chi connectivity index (χ3v) is 5.65. The Balaban J connectivity index is 1.88. The molecule has 30 heavy (non-hydrogen) atoms. The number of carbonyl (C=O) groups is 1. The summed E-state index contributed by atoms with van der Waals surface area (Å²) in [5.41, 5.74) is -0.0614. The van der Waals surface area contributed by atoms with Crippen molar-refractivity contribution in [1.29, 1.82) is 5.26 Å². The molecule has 9 nitrogen and oxygen atoms in total. The van der Waals surface area contributed by atoms with E-state index in [0.717, 1.165) is 30.4 Å². The van der Waals surface area contributed by atoms with Gasteiger partial charge in [0.25, 0.3) is 11.5 Å². The number of rotatable bonds is 5. The molecule has 0 bridgehead atoms. The van der Waals surface area contributed by atoms with E-state index in [9.17, 15) is 14.4 Å². The Labute approximate surface area is 172 Å². The second kappa shape index (κ2) is 8.14. The first-order valence-corrected chi connectivity index (χ1v) is 10.4. The van der Waals surface area contributed by atoms with Crippen molar-refractivity contribution in [3.8, 4) is 6.07 Å². The van der Waals surface area contributed by atoms with Crippen LogP contribution in [0.4, 0.5) is 0 Å². The Morgan fingerprint density at radius 3 is 2.73 bits per heavy atom. The van der Waals surface area contributed by atoms with Crippen molar-refractivity contribution in [1.82, 2.24) is 24.1 Å². The highest BCUT2D eigenvalue weighted by Gasteiger charge is 2.20. The van der Waals surface area contributed by atoms with Gasteiger partial charge in [0.05, 0.1) is 17.0 Å². The summed E-state index contributed by atoms with van der Waals surface area (Å²) in [5, 5.41) is 16.6. The normalized spacial score (nSPS) is 14.8. The van der Waals surface area contributed by atoms with E-state index in [1.54, 1.807) is 18.2 Å². The molecule has 0 radical (unpaired) electrons. The molecule has 0 aliphatic heterocycles. The molecular weight excluding hydrogens is 384 g/mol. The van der Waals surface area contributed by atoms with Gasteiger partial charge in [-0.3, -0.25) is 14.2 Å². The molecular formula is C21H24N6O3. The lowest BCUT2D eigenvalue weighted by Crippen LogP contribution is -2.36. The van der Waals surface area contributed by atoms with Gasteiger partial charge in [-0.25, -0.2) is 9.20 Å². The van der Waals surface area contributed by atoms with Gasteiger partial charge in [0.1, 0.15) is 6.54 Å². The minimum absolute atomic E-state index is 0.153. The van der Waals surface area contributed by atoms with Crippen LogP contribution < -0.4 is 16.6 Å². The Morgan fingerprint density at radius 1 is 1.27 bits per heavy atom. The average Bonchev–Trinajstić information content (AvgIpc) is 3.08. The van der Waals surface area contributed by atoms with Crippen LogP contribution in [0.15, 0.2) is 27.8 Å². The van der Waals surface area contributed by atoms with Crippen LogP contribution in [0.2, 0.25) is 0 Å². The molecule has 0 spiro atoms. The number of carbonyl (C=O) groups excluding carboxylic acids is 1. The van der Waals surface area contributed by atoms with E-state index in [1.165, 1.54) is 15.4 Å². The third kappa shape index (κ3) is 3.38. The van der Waals surface area contributed by atoms with Crippen molar-refractivity contribution in [2.75, 3.05) is 0 Å². The van der Waals surface area contributed by atoms with E-state index in [1.807, 2.05) is 13.0 Å². The fourth-order valence-corrected chi connectivity index (χ4v) is 4.17. The number of hydrogen-bond acceptors (Lipinski definition) is 5. The van der Waals surface area contributed by atoms with Crippen LogP contribution in [0.3, 0.4) is 0 Å². The van der Waals surface area contributed by atoms with Crippen LogP contribution in [-0.4, -0.2) is 30.7 Å². The van der Waals surface area contributed by atoms with Crippen LogP contribution in [0.5, 0.6) is 0 Å². The predicted molar refractivity (Wildman–Crippen MR) is 111 cm³/mol. The van der Waals surface area contributed by atoms with E-state index in [4.69, 9.17) is 5.26 Å². The number of benzene rings is 1. The monoisotopic (exact) mass is 408 g/mol. The summed E-state index contributed by atoms with van der Waals surface area (Å²) in [6.07, 6.45) is 6.01. The maximum atomic E-state index is 13.0. The molecule has 0 unspecified atom stereocenters. The second-order valence-electron chi connectivity index (χ2n) is 7.73. The predicted octanol–water partition coefficient (Wildman–Crippen LogP) is 1.81. The summed E-state index contributed by atoms with van der Waals surface area (Å²) >= 11 is 0. The number of nitrogens with one attached hydrogen (secondary N) is 1. The summed E-state index contributed by atoms with van der Waals surface area (Å²) < 4.78 is 3.80. The Kier molecular flexibility index (Phi) is 5.40. The Hall–Kier alpha value is -3.41. The lowest BCUT2D eigenvalue weighted by Gasteiger charge is -2.22. The van der Waals surface area contributed by atoms with Gasteiger partial charge < -0.3 is 5.32 Å². The van der Waals surface area contributed by atoms with E-state index in [-0.39, 0.29) is 29.8 Å². The van der Waals surface area contributed by atoms with Crippen LogP contribution >= 0.6 is 0 Å². The van der Waals surface area contributed by atoms with E-state index in [2.05, 4.69) is 10.4 Å². The summed E-state index contributed by atoms with van der Waals surface area (Å²) in [7, 11) is 0. The van der Waals surface area contributed by atoms with Gasteiger partial charge in [-0.15, -0.1) is 5.10 Å². The number of amides is 1. The van der Waals surface area contributed by atoms with Gasteiger partial charge in [0.15, 0.2) is 0 Å². The quantitative estimate of drug-likeness (QED) is 0.691. The molecule has 156 valence electrons. The summed E-state index contributed by atoms with van der Waals surface area (Å²) in [6.45, 7) is 2.10. The number of hydrogen-bond donors (Lipinski definition) is 1. The lowest BCUT2D eigenvalue weighted by atomic mass is 9.95. The van der Waals surface area contributed by atoms with Crippen LogP contribution in [0.25, 0.3) is 16.7 Å². The Morgan fingerprint density at radius 2 is 2.03 bits per heavy atom. The number of fused-ring (bicyclic) bond motifs is 3. The molecule has 3 aromatic rings. The molecule has 1 N–H and O–H groups in total. The first kappa shape index (κ1) is 19.9. The minimum Gasteiger partial charge on any atom is -0.349 e. The Bertz CT molecular complexity index is 1270. The molecule has 2 heterocycles. The van der Waals surface area contributed by atoms with Crippen LogP contribution in [-0.2, 0) is 13.1 Å². The zero-order valence-corrected chi connectivity index (χ0v) is 16.9. The van der Waals surface area contributed by atoms with Gasteiger partial charge >= 0.3 is 5.69 Å².